The maximum Gasteiger partial charge on any atom is 0.338 e. The van der Waals surface area contributed by atoms with Gasteiger partial charge in [-0.2, -0.15) is 0 Å². The summed E-state index contributed by atoms with van der Waals surface area (Å²) in [6, 6.07) is 6.24. The molecule has 0 saturated heterocycles. The summed E-state index contributed by atoms with van der Waals surface area (Å²) in [6.45, 7) is 4.71. The Hall–Kier alpha value is -1.92. The number of unbranched alkanes of at least 4 members (excludes halogenated alkanes) is 2. The lowest BCUT2D eigenvalue weighted by atomic mass is 10.1. The van der Waals surface area contributed by atoms with Crippen LogP contribution in [0.25, 0.3) is 0 Å². The fraction of sp³-hybridized carbons (Fsp3) is 0.667. The third kappa shape index (κ3) is 11.3. The number of ether oxygens (including phenoxy) is 2. The van der Waals surface area contributed by atoms with E-state index in [9.17, 15) is 19.8 Å². The minimum Gasteiger partial charge on any atom is -0.462 e. The van der Waals surface area contributed by atoms with E-state index in [2.05, 4.69) is 0 Å². The van der Waals surface area contributed by atoms with E-state index in [1.165, 1.54) is 0 Å². The van der Waals surface area contributed by atoms with Crippen LogP contribution in [-0.4, -0.2) is 47.6 Å². The summed E-state index contributed by atoms with van der Waals surface area (Å²) < 4.78 is 10.5. The molecule has 6 nitrogen and oxygen atoms in total. The number of benzene rings is 1. The molecule has 0 aliphatic rings. The van der Waals surface area contributed by atoms with Crippen molar-refractivity contribution < 1.29 is 29.3 Å². The fourth-order valence-electron chi connectivity index (χ4n) is 3.16. The summed E-state index contributed by atoms with van der Waals surface area (Å²) in [5.74, 6) is -0.843. The zero-order chi connectivity index (χ0) is 22.2. The molecule has 6 heteroatoms. The average molecular weight is 423 g/mol. The smallest absolute Gasteiger partial charge is 0.338 e. The lowest BCUT2D eigenvalue weighted by Crippen LogP contribution is -2.10. The van der Waals surface area contributed by atoms with Crippen molar-refractivity contribution in [1.29, 1.82) is 0 Å². The van der Waals surface area contributed by atoms with E-state index in [0.29, 0.717) is 37.2 Å². The van der Waals surface area contributed by atoms with Crippen LogP contribution in [0.1, 0.15) is 98.8 Å². The second-order valence-electron chi connectivity index (χ2n) is 7.73. The van der Waals surface area contributed by atoms with Gasteiger partial charge in [-0.05, 0) is 75.6 Å². The van der Waals surface area contributed by atoms with Crippen molar-refractivity contribution in [2.24, 2.45) is 0 Å². The first-order chi connectivity index (χ1) is 14.5. The molecule has 1 rings (SSSR count). The Morgan fingerprint density at radius 1 is 0.700 bits per heavy atom. The molecule has 0 aliphatic heterocycles. The van der Waals surface area contributed by atoms with Crippen molar-refractivity contribution >= 4 is 11.9 Å². The number of carbonyl (C=O) groups is 2. The van der Waals surface area contributed by atoms with E-state index < -0.39 is 11.9 Å². The first-order valence-corrected chi connectivity index (χ1v) is 11.3. The first-order valence-electron chi connectivity index (χ1n) is 11.3. The maximum atomic E-state index is 12.1. The number of hydrogen-bond donors (Lipinski definition) is 2. The monoisotopic (exact) mass is 422 g/mol. The van der Waals surface area contributed by atoms with Gasteiger partial charge < -0.3 is 19.7 Å². The van der Waals surface area contributed by atoms with Gasteiger partial charge in [0.25, 0.3) is 0 Å². The molecule has 0 fully saturated rings. The summed E-state index contributed by atoms with van der Waals surface area (Å²) in [5.41, 5.74) is 0.782. The van der Waals surface area contributed by atoms with Crippen molar-refractivity contribution in [3.05, 3.63) is 35.4 Å². The number of hydrogen-bond acceptors (Lipinski definition) is 6. The van der Waals surface area contributed by atoms with Gasteiger partial charge in [-0.15, -0.1) is 0 Å². The highest BCUT2D eigenvalue weighted by Gasteiger charge is 2.11. The minimum atomic E-state index is -0.422. The van der Waals surface area contributed by atoms with Gasteiger partial charge in [-0.1, -0.05) is 26.7 Å². The van der Waals surface area contributed by atoms with Crippen LogP contribution in [0.4, 0.5) is 0 Å². The molecular formula is C24H38O6. The first kappa shape index (κ1) is 26.1. The highest BCUT2D eigenvalue weighted by atomic mass is 16.5. The van der Waals surface area contributed by atoms with Crippen LogP contribution in [0, 0.1) is 0 Å². The summed E-state index contributed by atoms with van der Waals surface area (Å²) in [7, 11) is 0. The zero-order valence-electron chi connectivity index (χ0n) is 18.5. The average Bonchev–Trinajstić information content (AvgIpc) is 2.73. The van der Waals surface area contributed by atoms with Crippen molar-refractivity contribution in [2.45, 2.75) is 90.3 Å². The van der Waals surface area contributed by atoms with Gasteiger partial charge >= 0.3 is 11.9 Å². The van der Waals surface area contributed by atoms with Crippen LogP contribution in [0.15, 0.2) is 24.3 Å². The predicted octanol–water partition coefficient (Wildman–Crippen LogP) is 4.66. The molecule has 0 heterocycles. The second-order valence-corrected chi connectivity index (χ2v) is 7.73. The fourth-order valence-corrected chi connectivity index (χ4v) is 3.16. The molecule has 1 aromatic rings. The molecule has 0 radical (unpaired) electrons. The van der Waals surface area contributed by atoms with Gasteiger partial charge in [-0.25, -0.2) is 9.59 Å². The van der Waals surface area contributed by atoms with Crippen molar-refractivity contribution in [3.8, 4) is 0 Å². The van der Waals surface area contributed by atoms with E-state index in [-0.39, 0.29) is 12.2 Å². The van der Waals surface area contributed by atoms with E-state index in [0.717, 1.165) is 51.4 Å². The quantitative estimate of drug-likeness (QED) is 0.297. The Labute approximate surface area is 180 Å². The third-order valence-corrected chi connectivity index (χ3v) is 4.93. The molecule has 0 aromatic heterocycles. The largest absolute Gasteiger partial charge is 0.462 e. The number of rotatable bonds is 16. The minimum absolute atomic E-state index is 0.273. The van der Waals surface area contributed by atoms with Gasteiger partial charge in [0, 0.05) is 0 Å². The van der Waals surface area contributed by atoms with Gasteiger partial charge in [0.05, 0.1) is 36.5 Å². The van der Waals surface area contributed by atoms with E-state index in [4.69, 9.17) is 9.47 Å². The summed E-state index contributed by atoms with van der Waals surface area (Å²) in [6.07, 6.45) is 7.49. The highest BCUT2D eigenvalue weighted by Crippen LogP contribution is 2.11. The van der Waals surface area contributed by atoms with Gasteiger partial charge in [0.15, 0.2) is 0 Å². The van der Waals surface area contributed by atoms with E-state index in [1.807, 2.05) is 13.8 Å². The van der Waals surface area contributed by atoms with Gasteiger partial charge in [0.2, 0.25) is 0 Å². The van der Waals surface area contributed by atoms with Gasteiger partial charge in [-0.3, -0.25) is 0 Å². The molecule has 30 heavy (non-hydrogen) atoms. The SMILES string of the molecule is CCCC(O)CCCCOC(=O)c1ccc(C(=O)OCCCCC(O)CCC)cc1. The molecule has 170 valence electrons. The zero-order valence-corrected chi connectivity index (χ0v) is 18.5. The Balaban J connectivity index is 2.24. The number of aliphatic hydroxyl groups excluding tert-OH is 2. The van der Waals surface area contributed by atoms with Crippen LogP contribution in [0.5, 0.6) is 0 Å². The molecule has 2 atom stereocenters. The Bertz CT molecular complexity index is 545. The number of aliphatic hydroxyl groups is 2. The van der Waals surface area contributed by atoms with Gasteiger partial charge in [0.1, 0.15) is 0 Å². The van der Waals surface area contributed by atoms with Crippen LogP contribution in [0.3, 0.4) is 0 Å². The topological polar surface area (TPSA) is 93.1 Å². The lowest BCUT2D eigenvalue weighted by molar-refractivity contribution is 0.0477. The molecule has 2 unspecified atom stereocenters. The van der Waals surface area contributed by atoms with Crippen molar-refractivity contribution in [2.75, 3.05) is 13.2 Å². The molecule has 0 spiro atoms. The highest BCUT2D eigenvalue weighted by molar-refractivity contribution is 5.93. The summed E-state index contributed by atoms with van der Waals surface area (Å²) >= 11 is 0. The predicted molar refractivity (Wildman–Crippen MR) is 117 cm³/mol. The second kappa shape index (κ2) is 15.9. The molecule has 0 aliphatic carbocycles. The van der Waals surface area contributed by atoms with Crippen LogP contribution in [0.2, 0.25) is 0 Å². The summed E-state index contributed by atoms with van der Waals surface area (Å²) in [4.78, 5) is 24.1. The number of esters is 2. The Morgan fingerprint density at radius 2 is 1.07 bits per heavy atom. The van der Waals surface area contributed by atoms with Crippen LogP contribution >= 0.6 is 0 Å². The standard InChI is InChI=1S/C24H38O6/c1-3-9-21(25)11-5-7-17-29-23(27)19-13-15-20(16-14-19)24(28)30-18-8-6-12-22(26)10-4-2/h13-16,21-22,25-26H,3-12,17-18H2,1-2H3. The third-order valence-electron chi connectivity index (χ3n) is 4.93. The van der Waals surface area contributed by atoms with E-state index in [1.54, 1.807) is 24.3 Å². The molecule has 1 aromatic carbocycles. The van der Waals surface area contributed by atoms with Crippen molar-refractivity contribution in [3.63, 3.8) is 0 Å². The van der Waals surface area contributed by atoms with Crippen LogP contribution in [-0.2, 0) is 9.47 Å². The maximum absolute atomic E-state index is 12.1. The number of carbonyl (C=O) groups excluding carboxylic acids is 2. The Kier molecular flexibility index (Phi) is 13.8. The Morgan fingerprint density at radius 3 is 1.40 bits per heavy atom. The molecule has 0 amide bonds. The van der Waals surface area contributed by atoms with Crippen LogP contribution < -0.4 is 0 Å². The van der Waals surface area contributed by atoms with Crippen molar-refractivity contribution in [1.82, 2.24) is 0 Å². The summed E-state index contributed by atoms with van der Waals surface area (Å²) in [5, 5.41) is 19.3. The molecule has 0 bridgehead atoms. The lowest BCUT2D eigenvalue weighted by Gasteiger charge is -2.10. The van der Waals surface area contributed by atoms with E-state index >= 15 is 0 Å². The molecular weight excluding hydrogens is 384 g/mol. The molecule has 0 saturated carbocycles. The normalized spacial score (nSPS) is 12.9. The molecule has 2 N–H and O–H groups in total.